The highest BCUT2D eigenvalue weighted by Crippen LogP contribution is 2.25. The first-order valence-electron chi connectivity index (χ1n) is 5.69. The predicted molar refractivity (Wildman–Crippen MR) is 69.5 cm³/mol. The van der Waals surface area contributed by atoms with E-state index in [0.717, 1.165) is 6.07 Å². The molecule has 1 aromatic rings. The molecule has 0 saturated carbocycles. The largest absolute Gasteiger partial charge is 0.479 e. The summed E-state index contributed by atoms with van der Waals surface area (Å²) < 4.78 is 18.2. The first-order valence-corrected chi connectivity index (χ1v) is 5.69. The van der Waals surface area contributed by atoms with Gasteiger partial charge in [0.1, 0.15) is 18.2 Å². The summed E-state index contributed by atoms with van der Waals surface area (Å²) in [5, 5.41) is 13.6. The Labute approximate surface area is 110 Å². The molecule has 0 aliphatic carbocycles. The van der Waals surface area contributed by atoms with Gasteiger partial charge in [-0.05, 0) is 18.6 Å². The topological polar surface area (TPSA) is 70.6 Å². The van der Waals surface area contributed by atoms with Gasteiger partial charge >= 0.3 is 6.03 Å². The van der Waals surface area contributed by atoms with Gasteiger partial charge in [0, 0.05) is 19.2 Å². The van der Waals surface area contributed by atoms with Gasteiger partial charge in [-0.2, -0.15) is 0 Å². The molecular weight excluding hydrogens is 251 g/mol. The van der Waals surface area contributed by atoms with Crippen LogP contribution < -0.4 is 15.4 Å². The number of aliphatic hydroxyl groups excluding tert-OH is 1. The number of benzene rings is 1. The average molecular weight is 266 g/mol. The molecule has 0 unspecified atom stereocenters. The molecule has 0 atom stereocenters. The van der Waals surface area contributed by atoms with Crippen LogP contribution in [0.5, 0.6) is 5.75 Å². The molecule has 0 radical (unpaired) electrons. The Morgan fingerprint density at radius 3 is 3.00 bits per heavy atom. The van der Waals surface area contributed by atoms with Gasteiger partial charge in [0.25, 0.3) is 0 Å². The molecule has 0 aliphatic heterocycles. The Bertz CT molecular complexity index is 471. The number of ether oxygens (including phenoxy) is 1. The van der Waals surface area contributed by atoms with Crippen LogP contribution in [0.1, 0.15) is 6.42 Å². The van der Waals surface area contributed by atoms with Crippen LogP contribution in [-0.2, 0) is 0 Å². The third kappa shape index (κ3) is 5.27. The lowest BCUT2D eigenvalue weighted by Crippen LogP contribution is -2.30. The van der Waals surface area contributed by atoms with Crippen molar-refractivity contribution in [3.05, 3.63) is 24.0 Å². The number of rotatable bonds is 6. The number of terminal acetylenes is 1. The number of halogens is 1. The van der Waals surface area contributed by atoms with Gasteiger partial charge in [0.15, 0.2) is 0 Å². The van der Waals surface area contributed by atoms with E-state index in [9.17, 15) is 9.18 Å². The summed E-state index contributed by atoms with van der Waals surface area (Å²) in [6.07, 6.45) is 5.51. The summed E-state index contributed by atoms with van der Waals surface area (Å²) in [5.41, 5.74) is 0.318. The normalized spacial score (nSPS) is 9.53. The van der Waals surface area contributed by atoms with E-state index in [-0.39, 0.29) is 19.0 Å². The highest BCUT2D eigenvalue weighted by molar-refractivity contribution is 5.90. The highest BCUT2D eigenvalue weighted by atomic mass is 19.1. The van der Waals surface area contributed by atoms with E-state index in [1.807, 2.05) is 0 Å². The van der Waals surface area contributed by atoms with Gasteiger partial charge in [0.2, 0.25) is 0 Å². The molecular formula is C13H15FN2O3. The van der Waals surface area contributed by atoms with Crippen molar-refractivity contribution in [1.29, 1.82) is 0 Å². The van der Waals surface area contributed by atoms with E-state index in [1.54, 1.807) is 0 Å². The zero-order chi connectivity index (χ0) is 14.1. The molecule has 6 heteroatoms. The van der Waals surface area contributed by atoms with Crippen molar-refractivity contribution in [2.45, 2.75) is 6.42 Å². The molecule has 0 fully saturated rings. The molecule has 19 heavy (non-hydrogen) atoms. The molecule has 0 spiro atoms. The minimum Gasteiger partial charge on any atom is -0.479 e. The quantitative estimate of drug-likeness (QED) is 0.537. The summed E-state index contributed by atoms with van der Waals surface area (Å²) >= 11 is 0. The van der Waals surface area contributed by atoms with Crippen LogP contribution in [0.4, 0.5) is 14.9 Å². The number of hydrogen-bond acceptors (Lipinski definition) is 3. The van der Waals surface area contributed by atoms with E-state index >= 15 is 0 Å². The number of nitrogens with one attached hydrogen (secondary N) is 2. The van der Waals surface area contributed by atoms with Gasteiger partial charge in [-0.25, -0.2) is 9.18 Å². The van der Waals surface area contributed by atoms with Crippen molar-refractivity contribution >= 4 is 11.7 Å². The lowest BCUT2D eigenvalue weighted by atomic mass is 10.3. The van der Waals surface area contributed by atoms with Gasteiger partial charge < -0.3 is 20.5 Å². The molecule has 0 aliphatic rings. The maximum absolute atomic E-state index is 13.1. The number of urea groups is 1. The van der Waals surface area contributed by atoms with E-state index in [1.165, 1.54) is 12.1 Å². The van der Waals surface area contributed by atoms with Crippen molar-refractivity contribution in [1.82, 2.24) is 5.32 Å². The summed E-state index contributed by atoms with van der Waals surface area (Å²) in [6.45, 7) is 0.307. The lowest BCUT2D eigenvalue weighted by Gasteiger charge is -2.11. The van der Waals surface area contributed by atoms with Crippen LogP contribution in [0.3, 0.4) is 0 Å². The number of carbonyl (C=O) groups is 1. The van der Waals surface area contributed by atoms with Crippen LogP contribution in [0.25, 0.3) is 0 Å². The number of amides is 2. The smallest absolute Gasteiger partial charge is 0.319 e. The highest BCUT2D eigenvalue weighted by Gasteiger charge is 2.08. The van der Waals surface area contributed by atoms with Crippen LogP contribution in [0.2, 0.25) is 0 Å². The SMILES string of the molecule is C#CCOc1cc(F)ccc1NC(=O)NCCCO. The zero-order valence-corrected chi connectivity index (χ0v) is 10.3. The molecule has 1 aromatic carbocycles. The summed E-state index contributed by atoms with van der Waals surface area (Å²) in [4.78, 5) is 11.5. The summed E-state index contributed by atoms with van der Waals surface area (Å²) in [5.74, 6) is 1.93. The maximum atomic E-state index is 13.1. The van der Waals surface area contributed by atoms with Crippen LogP contribution in [-0.4, -0.2) is 30.9 Å². The molecule has 0 aromatic heterocycles. The van der Waals surface area contributed by atoms with Crippen molar-refractivity contribution in [2.24, 2.45) is 0 Å². The Kier molecular flexibility index (Phi) is 6.19. The fourth-order valence-corrected chi connectivity index (χ4v) is 1.29. The fourth-order valence-electron chi connectivity index (χ4n) is 1.29. The molecule has 0 bridgehead atoms. The molecule has 2 amide bonds. The van der Waals surface area contributed by atoms with Crippen molar-refractivity contribution < 1.29 is 19.0 Å². The average Bonchev–Trinajstić information content (AvgIpc) is 2.39. The summed E-state index contributed by atoms with van der Waals surface area (Å²) in [7, 11) is 0. The number of anilines is 1. The van der Waals surface area contributed by atoms with E-state index in [2.05, 4.69) is 16.6 Å². The Hall–Kier alpha value is -2.26. The molecule has 0 heterocycles. The second-order valence-electron chi connectivity index (χ2n) is 3.59. The Morgan fingerprint density at radius 2 is 2.32 bits per heavy atom. The monoisotopic (exact) mass is 266 g/mol. The minimum absolute atomic E-state index is 0.00659. The fraction of sp³-hybridized carbons (Fsp3) is 0.308. The molecule has 3 N–H and O–H groups in total. The number of carbonyl (C=O) groups excluding carboxylic acids is 1. The first kappa shape index (κ1) is 14.8. The zero-order valence-electron chi connectivity index (χ0n) is 10.3. The molecule has 5 nitrogen and oxygen atoms in total. The molecule has 102 valence electrons. The van der Waals surface area contributed by atoms with Crippen LogP contribution >= 0.6 is 0 Å². The summed E-state index contributed by atoms with van der Waals surface area (Å²) in [6, 6.07) is 3.25. The third-order valence-corrected chi connectivity index (χ3v) is 2.12. The Balaban J connectivity index is 2.66. The first-order chi connectivity index (χ1) is 9.17. The molecule has 1 rings (SSSR count). The number of hydrogen-bond donors (Lipinski definition) is 3. The van der Waals surface area contributed by atoms with Crippen LogP contribution in [0, 0.1) is 18.2 Å². The maximum Gasteiger partial charge on any atom is 0.319 e. The van der Waals surface area contributed by atoms with Crippen LogP contribution in [0.15, 0.2) is 18.2 Å². The van der Waals surface area contributed by atoms with Gasteiger partial charge in [0.05, 0.1) is 5.69 Å². The minimum atomic E-state index is -0.488. The Morgan fingerprint density at radius 1 is 1.53 bits per heavy atom. The van der Waals surface area contributed by atoms with E-state index in [0.29, 0.717) is 18.7 Å². The van der Waals surface area contributed by atoms with Gasteiger partial charge in [-0.3, -0.25) is 0 Å². The van der Waals surface area contributed by atoms with Gasteiger partial charge in [-0.15, -0.1) is 6.42 Å². The van der Waals surface area contributed by atoms with Gasteiger partial charge in [-0.1, -0.05) is 5.92 Å². The van der Waals surface area contributed by atoms with Crippen molar-refractivity contribution in [3.8, 4) is 18.1 Å². The second-order valence-corrected chi connectivity index (χ2v) is 3.59. The lowest BCUT2D eigenvalue weighted by molar-refractivity contribution is 0.248. The number of aliphatic hydroxyl groups is 1. The third-order valence-electron chi connectivity index (χ3n) is 2.12. The van der Waals surface area contributed by atoms with E-state index < -0.39 is 11.8 Å². The molecule has 0 saturated heterocycles. The second kappa shape index (κ2) is 7.95. The van der Waals surface area contributed by atoms with Crippen molar-refractivity contribution in [3.63, 3.8) is 0 Å². The predicted octanol–water partition coefficient (Wildman–Crippen LogP) is 1.34. The van der Waals surface area contributed by atoms with E-state index in [4.69, 9.17) is 16.3 Å². The van der Waals surface area contributed by atoms with Crippen molar-refractivity contribution in [2.75, 3.05) is 25.1 Å². The standard InChI is InChI=1S/C13H15FN2O3/c1-2-8-19-12-9-10(14)4-5-11(12)16-13(18)15-6-3-7-17/h1,4-5,9,17H,3,6-8H2,(H2,15,16,18).